The molecule has 1 N–H and O–H groups in total. The molecule has 1 atom stereocenters. The molecule has 0 aromatic heterocycles. The maximum absolute atomic E-state index is 12.6. The van der Waals surface area contributed by atoms with Crippen molar-refractivity contribution in [2.24, 2.45) is 0 Å². The lowest BCUT2D eigenvalue weighted by molar-refractivity contribution is 0.0941. The molecule has 7 nitrogen and oxygen atoms in total. The summed E-state index contributed by atoms with van der Waals surface area (Å²) in [6, 6.07) is 10.9. The van der Waals surface area contributed by atoms with Crippen LogP contribution in [0.3, 0.4) is 0 Å². The lowest BCUT2D eigenvalue weighted by Crippen LogP contribution is -2.34. The topological polar surface area (TPSA) is 69.3 Å². The molecule has 2 aromatic carbocycles. The Morgan fingerprint density at radius 3 is 2.52 bits per heavy atom. The number of ether oxygens (including phenoxy) is 4. The van der Waals surface area contributed by atoms with Crippen molar-refractivity contribution in [2.75, 3.05) is 41.7 Å². The molecule has 1 aliphatic rings. The molecule has 3 rings (SSSR count). The summed E-state index contributed by atoms with van der Waals surface area (Å²) in [7, 11) is 7.04. The molecular formula is C20H24N2O5. The van der Waals surface area contributed by atoms with Crippen LogP contribution in [0.4, 0.5) is 0 Å². The summed E-state index contributed by atoms with van der Waals surface area (Å²) in [4.78, 5) is 14.6. The smallest absolute Gasteiger partial charge is 0.251 e. The van der Waals surface area contributed by atoms with Crippen LogP contribution in [-0.2, 0) is 0 Å². The largest absolute Gasteiger partial charge is 0.493 e. The van der Waals surface area contributed by atoms with Gasteiger partial charge in [-0.3, -0.25) is 4.79 Å². The van der Waals surface area contributed by atoms with E-state index < -0.39 is 0 Å². The van der Waals surface area contributed by atoms with Gasteiger partial charge in [0.15, 0.2) is 23.0 Å². The third-order valence-electron chi connectivity index (χ3n) is 4.51. The van der Waals surface area contributed by atoms with E-state index in [1.54, 1.807) is 32.4 Å². The predicted octanol–water partition coefficient (Wildman–Crippen LogP) is 2.47. The van der Waals surface area contributed by atoms with Gasteiger partial charge in [0.1, 0.15) is 0 Å². The zero-order valence-corrected chi connectivity index (χ0v) is 15.9. The molecule has 0 saturated carbocycles. The fourth-order valence-corrected chi connectivity index (χ4v) is 2.99. The predicted molar refractivity (Wildman–Crippen MR) is 101 cm³/mol. The van der Waals surface area contributed by atoms with Crippen molar-refractivity contribution in [2.45, 2.75) is 6.04 Å². The average Bonchev–Trinajstić information content (AvgIpc) is 3.15. The Morgan fingerprint density at radius 2 is 1.81 bits per heavy atom. The lowest BCUT2D eigenvalue weighted by atomic mass is 10.0. The van der Waals surface area contributed by atoms with Gasteiger partial charge >= 0.3 is 0 Å². The number of nitrogens with zero attached hydrogens (tertiary/aromatic N) is 1. The van der Waals surface area contributed by atoms with Crippen molar-refractivity contribution in [3.8, 4) is 23.0 Å². The minimum atomic E-state index is -0.177. The van der Waals surface area contributed by atoms with Gasteiger partial charge in [-0.15, -0.1) is 0 Å². The zero-order valence-electron chi connectivity index (χ0n) is 15.9. The van der Waals surface area contributed by atoms with Gasteiger partial charge in [0.05, 0.1) is 20.3 Å². The van der Waals surface area contributed by atoms with Crippen LogP contribution in [-0.4, -0.2) is 52.5 Å². The normalized spacial score (nSPS) is 13.4. The third kappa shape index (κ3) is 4.09. The molecule has 27 heavy (non-hydrogen) atoms. The second-order valence-corrected chi connectivity index (χ2v) is 6.37. The van der Waals surface area contributed by atoms with Crippen LogP contribution in [0.1, 0.15) is 22.0 Å². The van der Waals surface area contributed by atoms with E-state index in [2.05, 4.69) is 5.32 Å². The molecule has 2 aromatic rings. The molecule has 0 bridgehead atoms. The Bertz CT molecular complexity index is 822. The van der Waals surface area contributed by atoms with Crippen molar-refractivity contribution in [3.63, 3.8) is 0 Å². The highest BCUT2D eigenvalue weighted by Crippen LogP contribution is 2.35. The molecule has 0 radical (unpaired) electrons. The first kappa shape index (κ1) is 18.8. The Hall–Kier alpha value is -2.93. The molecule has 0 aliphatic carbocycles. The van der Waals surface area contributed by atoms with Gasteiger partial charge in [-0.25, -0.2) is 0 Å². The monoisotopic (exact) mass is 372 g/mol. The second kappa shape index (κ2) is 8.18. The van der Waals surface area contributed by atoms with Gasteiger partial charge < -0.3 is 29.2 Å². The third-order valence-corrected chi connectivity index (χ3v) is 4.51. The van der Waals surface area contributed by atoms with E-state index in [1.165, 1.54) is 0 Å². The quantitative estimate of drug-likeness (QED) is 0.805. The highest BCUT2D eigenvalue weighted by atomic mass is 16.7. The van der Waals surface area contributed by atoms with Crippen LogP contribution in [0.5, 0.6) is 23.0 Å². The summed E-state index contributed by atoms with van der Waals surface area (Å²) in [6.07, 6.45) is 0. The maximum atomic E-state index is 12.6. The summed E-state index contributed by atoms with van der Waals surface area (Å²) in [6.45, 7) is 0.682. The van der Waals surface area contributed by atoms with E-state index in [1.807, 2.05) is 37.2 Å². The number of amides is 1. The molecule has 0 fully saturated rings. The van der Waals surface area contributed by atoms with Gasteiger partial charge in [0, 0.05) is 12.1 Å². The zero-order chi connectivity index (χ0) is 19.4. The molecule has 0 saturated heterocycles. The van der Waals surface area contributed by atoms with E-state index >= 15 is 0 Å². The van der Waals surface area contributed by atoms with Crippen molar-refractivity contribution < 1.29 is 23.7 Å². The first-order chi connectivity index (χ1) is 13.0. The highest BCUT2D eigenvalue weighted by Gasteiger charge is 2.20. The number of carbonyl (C=O) groups excluding carboxylic acids is 1. The van der Waals surface area contributed by atoms with Gasteiger partial charge in [0.25, 0.3) is 5.91 Å². The lowest BCUT2D eigenvalue weighted by Gasteiger charge is -2.25. The first-order valence-corrected chi connectivity index (χ1v) is 8.59. The average molecular weight is 372 g/mol. The molecule has 1 amide bonds. The Balaban J connectivity index is 1.72. The molecule has 144 valence electrons. The van der Waals surface area contributed by atoms with Crippen molar-refractivity contribution in [3.05, 3.63) is 47.5 Å². The fourth-order valence-electron chi connectivity index (χ4n) is 2.99. The maximum Gasteiger partial charge on any atom is 0.251 e. The minimum absolute atomic E-state index is 0.0106. The number of nitrogens with one attached hydrogen (secondary N) is 1. The van der Waals surface area contributed by atoms with Gasteiger partial charge in [-0.2, -0.15) is 0 Å². The van der Waals surface area contributed by atoms with Crippen LogP contribution < -0.4 is 24.3 Å². The fraction of sp³-hybridized carbons (Fsp3) is 0.350. The summed E-state index contributed by atoms with van der Waals surface area (Å²) in [5.41, 5.74) is 1.55. The Kier molecular flexibility index (Phi) is 5.71. The van der Waals surface area contributed by atoms with E-state index in [0.29, 0.717) is 23.6 Å². The van der Waals surface area contributed by atoms with Gasteiger partial charge in [0.2, 0.25) is 6.79 Å². The van der Waals surface area contributed by atoms with E-state index in [9.17, 15) is 4.79 Å². The first-order valence-electron chi connectivity index (χ1n) is 8.59. The molecular weight excluding hydrogens is 348 g/mol. The van der Waals surface area contributed by atoms with E-state index in [-0.39, 0.29) is 18.7 Å². The number of carbonyl (C=O) groups is 1. The van der Waals surface area contributed by atoms with Crippen molar-refractivity contribution in [1.29, 1.82) is 0 Å². The summed E-state index contributed by atoms with van der Waals surface area (Å²) < 4.78 is 21.3. The number of fused-ring (bicyclic) bond motifs is 1. The van der Waals surface area contributed by atoms with Crippen molar-refractivity contribution >= 4 is 5.91 Å². The standard InChI is InChI=1S/C20H24N2O5/c1-22(2)15(13-5-8-17-19(9-13)27-12-26-17)11-21-20(23)14-6-7-16(24-3)18(10-14)25-4/h5-10,15H,11-12H2,1-4H3,(H,21,23)/t15-/m0/s1. The van der Waals surface area contributed by atoms with Crippen LogP contribution in [0, 0.1) is 0 Å². The van der Waals surface area contributed by atoms with E-state index in [0.717, 1.165) is 17.1 Å². The summed E-state index contributed by atoms with van der Waals surface area (Å²) in [5, 5.41) is 2.99. The number of likely N-dealkylation sites (N-methyl/N-ethyl adjacent to an activating group) is 1. The number of hydrogen-bond donors (Lipinski definition) is 1. The number of hydrogen-bond acceptors (Lipinski definition) is 6. The molecule has 1 aliphatic heterocycles. The minimum Gasteiger partial charge on any atom is -0.493 e. The number of methoxy groups -OCH3 is 2. The van der Waals surface area contributed by atoms with E-state index in [4.69, 9.17) is 18.9 Å². The summed E-state index contributed by atoms with van der Waals surface area (Å²) >= 11 is 0. The molecule has 7 heteroatoms. The molecule has 1 heterocycles. The van der Waals surface area contributed by atoms with Crippen LogP contribution in [0.25, 0.3) is 0 Å². The van der Waals surface area contributed by atoms with Crippen LogP contribution >= 0.6 is 0 Å². The highest BCUT2D eigenvalue weighted by molar-refractivity contribution is 5.94. The number of rotatable bonds is 7. The Labute approximate surface area is 158 Å². The van der Waals surface area contributed by atoms with Crippen molar-refractivity contribution in [1.82, 2.24) is 10.2 Å². The second-order valence-electron chi connectivity index (χ2n) is 6.37. The number of benzene rings is 2. The van der Waals surface area contributed by atoms with Gasteiger partial charge in [-0.1, -0.05) is 6.07 Å². The van der Waals surface area contributed by atoms with Gasteiger partial charge in [-0.05, 0) is 50.0 Å². The van der Waals surface area contributed by atoms with Crippen LogP contribution in [0.15, 0.2) is 36.4 Å². The molecule has 0 unspecified atom stereocenters. The SMILES string of the molecule is COc1ccc(C(=O)NC[C@@H](c2ccc3c(c2)OCO3)N(C)C)cc1OC. The van der Waals surface area contributed by atoms with Crippen LogP contribution in [0.2, 0.25) is 0 Å². The Morgan fingerprint density at radius 1 is 1.07 bits per heavy atom. The molecule has 0 spiro atoms. The summed E-state index contributed by atoms with van der Waals surface area (Å²) in [5.74, 6) is 2.39.